The van der Waals surface area contributed by atoms with Gasteiger partial charge in [-0.15, -0.1) is 0 Å². The minimum absolute atomic E-state index is 0.157. The fraction of sp³-hybridized carbons (Fsp3) is 0.125. The van der Waals surface area contributed by atoms with Crippen molar-refractivity contribution >= 4 is 11.7 Å². The van der Waals surface area contributed by atoms with Gasteiger partial charge < -0.3 is 11.1 Å². The van der Waals surface area contributed by atoms with Crippen molar-refractivity contribution in [3.8, 4) is 0 Å². The molecule has 0 fully saturated rings. The van der Waals surface area contributed by atoms with Gasteiger partial charge in [0.15, 0.2) is 5.54 Å². The Morgan fingerprint density at radius 1 is 0.950 bits per heavy atom. The van der Waals surface area contributed by atoms with Crippen LogP contribution in [0.25, 0.3) is 0 Å². The highest BCUT2D eigenvalue weighted by atomic mass is 16.2. The highest BCUT2D eigenvalue weighted by Crippen LogP contribution is 2.36. The number of carbonyl (C=O) groups is 1. The number of amides is 1. The summed E-state index contributed by atoms with van der Waals surface area (Å²) >= 11 is 0. The van der Waals surface area contributed by atoms with Crippen LogP contribution in [-0.4, -0.2) is 18.3 Å². The molecule has 4 heteroatoms. The second-order valence-corrected chi connectivity index (χ2v) is 4.66. The van der Waals surface area contributed by atoms with Crippen molar-refractivity contribution in [1.82, 2.24) is 5.32 Å². The molecule has 0 radical (unpaired) electrons. The number of aliphatic imine (C=N–C) groups is 1. The SMILES string of the molecule is NCC1=NC(c2ccccc2)(c2ccccc2)C(=O)N1. The summed E-state index contributed by atoms with van der Waals surface area (Å²) in [6, 6.07) is 19.1. The molecular formula is C16H15N3O. The molecule has 0 saturated carbocycles. The van der Waals surface area contributed by atoms with Gasteiger partial charge in [0.1, 0.15) is 5.84 Å². The fourth-order valence-corrected chi connectivity index (χ4v) is 2.52. The molecule has 4 nitrogen and oxygen atoms in total. The summed E-state index contributed by atoms with van der Waals surface area (Å²) in [6.07, 6.45) is 0. The van der Waals surface area contributed by atoms with Crippen molar-refractivity contribution in [2.75, 3.05) is 6.54 Å². The molecule has 1 aliphatic rings. The third-order valence-corrected chi connectivity index (χ3v) is 3.47. The minimum Gasteiger partial charge on any atom is -0.324 e. The number of hydrogen-bond acceptors (Lipinski definition) is 3. The zero-order valence-electron chi connectivity index (χ0n) is 10.9. The van der Waals surface area contributed by atoms with E-state index in [1.54, 1.807) is 0 Å². The van der Waals surface area contributed by atoms with E-state index in [1.807, 2.05) is 60.7 Å². The molecule has 3 N–H and O–H groups in total. The van der Waals surface area contributed by atoms with Gasteiger partial charge in [-0.3, -0.25) is 4.79 Å². The van der Waals surface area contributed by atoms with Gasteiger partial charge in [0, 0.05) is 0 Å². The van der Waals surface area contributed by atoms with Gasteiger partial charge in [0.2, 0.25) is 0 Å². The minimum atomic E-state index is -1.03. The number of rotatable bonds is 3. The lowest BCUT2D eigenvalue weighted by Gasteiger charge is -2.24. The normalized spacial score (nSPS) is 16.6. The maximum atomic E-state index is 12.6. The summed E-state index contributed by atoms with van der Waals surface area (Å²) < 4.78 is 0. The second-order valence-electron chi connectivity index (χ2n) is 4.66. The van der Waals surface area contributed by atoms with Crippen molar-refractivity contribution in [3.05, 3.63) is 71.8 Å². The molecule has 2 aromatic carbocycles. The Bertz CT molecular complexity index is 610. The van der Waals surface area contributed by atoms with Crippen molar-refractivity contribution in [2.24, 2.45) is 10.7 Å². The summed E-state index contributed by atoms with van der Waals surface area (Å²) in [4.78, 5) is 17.2. The third-order valence-electron chi connectivity index (χ3n) is 3.47. The second kappa shape index (κ2) is 4.90. The molecule has 0 saturated heterocycles. The Labute approximate surface area is 117 Å². The lowest BCUT2D eigenvalue weighted by atomic mass is 9.83. The molecular weight excluding hydrogens is 250 g/mol. The fourth-order valence-electron chi connectivity index (χ4n) is 2.52. The molecule has 0 unspecified atom stereocenters. The van der Waals surface area contributed by atoms with E-state index in [0.717, 1.165) is 11.1 Å². The van der Waals surface area contributed by atoms with Crippen molar-refractivity contribution < 1.29 is 4.79 Å². The highest BCUT2D eigenvalue weighted by Gasteiger charge is 2.46. The molecule has 0 bridgehead atoms. The molecule has 20 heavy (non-hydrogen) atoms. The van der Waals surface area contributed by atoms with Gasteiger partial charge in [0.25, 0.3) is 5.91 Å². The van der Waals surface area contributed by atoms with Crippen LogP contribution in [0.4, 0.5) is 0 Å². The quantitative estimate of drug-likeness (QED) is 0.881. The number of carbonyl (C=O) groups excluding carboxylic acids is 1. The van der Waals surface area contributed by atoms with Crippen LogP contribution in [0.15, 0.2) is 65.7 Å². The number of nitrogens with zero attached hydrogens (tertiary/aromatic N) is 1. The molecule has 3 rings (SSSR count). The molecule has 1 aliphatic heterocycles. The third kappa shape index (κ3) is 1.82. The van der Waals surface area contributed by atoms with Crippen molar-refractivity contribution in [1.29, 1.82) is 0 Å². The topological polar surface area (TPSA) is 67.5 Å². The van der Waals surface area contributed by atoms with Gasteiger partial charge in [-0.1, -0.05) is 60.7 Å². The predicted molar refractivity (Wildman–Crippen MR) is 78.3 cm³/mol. The first-order valence-electron chi connectivity index (χ1n) is 6.48. The largest absolute Gasteiger partial charge is 0.324 e. The maximum Gasteiger partial charge on any atom is 0.262 e. The first-order valence-corrected chi connectivity index (χ1v) is 6.48. The molecule has 2 aromatic rings. The van der Waals surface area contributed by atoms with Crippen LogP contribution in [0, 0.1) is 0 Å². The van der Waals surface area contributed by atoms with Crippen LogP contribution in [0.5, 0.6) is 0 Å². The van der Waals surface area contributed by atoms with E-state index in [0.29, 0.717) is 5.84 Å². The Morgan fingerprint density at radius 2 is 1.45 bits per heavy atom. The molecule has 0 atom stereocenters. The average molecular weight is 265 g/mol. The standard InChI is InChI=1S/C16H15N3O/c17-11-14-18-15(20)16(19-14,12-7-3-1-4-8-12)13-9-5-2-6-10-13/h1-10H,11,17H2,(H,18,19,20). The number of hydrogen-bond donors (Lipinski definition) is 2. The summed E-state index contributed by atoms with van der Waals surface area (Å²) in [5.74, 6) is 0.359. The van der Waals surface area contributed by atoms with Crippen LogP contribution < -0.4 is 11.1 Å². The van der Waals surface area contributed by atoms with E-state index in [1.165, 1.54) is 0 Å². The van der Waals surface area contributed by atoms with Gasteiger partial charge in [-0.2, -0.15) is 0 Å². The zero-order chi connectivity index (χ0) is 14.0. The Balaban J connectivity index is 2.25. The lowest BCUT2D eigenvalue weighted by Crippen LogP contribution is -2.39. The van der Waals surface area contributed by atoms with Crippen LogP contribution in [0.1, 0.15) is 11.1 Å². The van der Waals surface area contributed by atoms with Crippen molar-refractivity contribution in [3.63, 3.8) is 0 Å². The first-order chi connectivity index (χ1) is 9.77. The smallest absolute Gasteiger partial charge is 0.262 e. The molecule has 0 aromatic heterocycles. The zero-order valence-corrected chi connectivity index (χ0v) is 10.9. The van der Waals surface area contributed by atoms with E-state index >= 15 is 0 Å². The summed E-state index contributed by atoms with van der Waals surface area (Å²) in [7, 11) is 0. The molecule has 100 valence electrons. The van der Waals surface area contributed by atoms with E-state index in [2.05, 4.69) is 10.3 Å². The number of nitrogens with two attached hydrogens (primary N) is 1. The molecule has 0 spiro atoms. The predicted octanol–water partition coefficient (Wildman–Crippen LogP) is 1.42. The Morgan fingerprint density at radius 3 is 1.85 bits per heavy atom. The Kier molecular flexibility index (Phi) is 3.08. The van der Waals surface area contributed by atoms with Gasteiger partial charge in [0.05, 0.1) is 6.54 Å². The van der Waals surface area contributed by atoms with Gasteiger partial charge in [-0.25, -0.2) is 4.99 Å². The summed E-state index contributed by atoms with van der Waals surface area (Å²) in [5, 5.41) is 2.78. The molecule has 1 amide bonds. The Hall–Kier alpha value is -2.46. The average Bonchev–Trinajstić information content (AvgIpc) is 2.87. The van der Waals surface area contributed by atoms with Gasteiger partial charge >= 0.3 is 0 Å². The van der Waals surface area contributed by atoms with E-state index in [-0.39, 0.29) is 12.5 Å². The van der Waals surface area contributed by atoms with Crippen LogP contribution in [0.2, 0.25) is 0 Å². The summed E-state index contributed by atoms with van der Waals surface area (Å²) in [6.45, 7) is 0.215. The number of amidine groups is 1. The van der Waals surface area contributed by atoms with Crippen molar-refractivity contribution in [2.45, 2.75) is 5.54 Å². The van der Waals surface area contributed by atoms with Crippen LogP contribution in [-0.2, 0) is 10.3 Å². The van der Waals surface area contributed by atoms with E-state index in [9.17, 15) is 4.79 Å². The highest BCUT2D eigenvalue weighted by molar-refractivity contribution is 6.11. The van der Waals surface area contributed by atoms with E-state index in [4.69, 9.17) is 5.73 Å². The van der Waals surface area contributed by atoms with E-state index < -0.39 is 5.54 Å². The van der Waals surface area contributed by atoms with Gasteiger partial charge in [-0.05, 0) is 11.1 Å². The number of nitrogens with one attached hydrogen (secondary N) is 1. The first kappa shape index (κ1) is 12.6. The lowest BCUT2D eigenvalue weighted by molar-refractivity contribution is -0.122. The monoisotopic (exact) mass is 265 g/mol. The van der Waals surface area contributed by atoms with Crippen LogP contribution >= 0.6 is 0 Å². The summed E-state index contributed by atoms with van der Waals surface area (Å²) in [5.41, 5.74) is 6.28. The van der Waals surface area contributed by atoms with Crippen LogP contribution in [0.3, 0.4) is 0 Å². The maximum absolute atomic E-state index is 12.6. The molecule has 1 heterocycles. The molecule has 0 aliphatic carbocycles. The number of benzene rings is 2.